The molecule has 0 saturated heterocycles. The maximum absolute atomic E-state index is 10.4. The Labute approximate surface area is 109 Å². The third-order valence-electron chi connectivity index (χ3n) is 1.70. The van der Waals surface area contributed by atoms with Crippen molar-refractivity contribution in [1.82, 2.24) is 0 Å². The predicted octanol–water partition coefficient (Wildman–Crippen LogP) is 1.91. The number of halogens is 2. The van der Waals surface area contributed by atoms with Crippen LogP contribution in [0.25, 0.3) is 0 Å². The highest BCUT2D eigenvalue weighted by molar-refractivity contribution is 14.1. The highest BCUT2D eigenvalue weighted by Gasteiger charge is 2.12. The molecule has 0 fully saturated rings. The molecule has 1 rings (SSSR count). The van der Waals surface area contributed by atoms with Crippen molar-refractivity contribution >= 4 is 50.2 Å². The Kier molecular flexibility index (Phi) is 4.81. The monoisotopic (exact) mass is 385 g/mol. The fraction of sp³-hybridized carbons (Fsp3) is 0.222. The molecule has 0 bridgehead atoms. The van der Waals surface area contributed by atoms with E-state index in [0.717, 1.165) is 13.7 Å². The first-order valence-corrected chi connectivity index (χ1v) is 5.97. The third-order valence-corrected chi connectivity index (χ3v) is 3.03. The molecule has 4 nitrogen and oxygen atoms in total. The SMILES string of the molecule is O=C(O)C(O)CNc1ccc(I)cc1Br. The molecule has 0 aliphatic carbocycles. The van der Waals surface area contributed by atoms with Gasteiger partial charge in [-0.1, -0.05) is 0 Å². The van der Waals surface area contributed by atoms with Gasteiger partial charge in [-0.05, 0) is 56.7 Å². The van der Waals surface area contributed by atoms with Gasteiger partial charge in [-0.25, -0.2) is 4.79 Å². The molecule has 0 heterocycles. The summed E-state index contributed by atoms with van der Waals surface area (Å²) in [6.45, 7) is -0.0193. The zero-order valence-electron chi connectivity index (χ0n) is 7.58. The molecule has 1 aromatic carbocycles. The molecule has 0 spiro atoms. The molecule has 1 unspecified atom stereocenters. The van der Waals surface area contributed by atoms with Crippen molar-refractivity contribution < 1.29 is 15.0 Å². The number of carboxylic acids is 1. The van der Waals surface area contributed by atoms with E-state index in [1.54, 1.807) is 0 Å². The highest BCUT2D eigenvalue weighted by Crippen LogP contribution is 2.24. The number of carboxylic acid groups (broad SMARTS) is 1. The minimum absolute atomic E-state index is 0.0193. The van der Waals surface area contributed by atoms with E-state index in [1.807, 2.05) is 18.2 Å². The third kappa shape index (κ3) is 3.96. The van der Waals surface area contributed by atoms with E-state index >= 15 is 0 Å². The maximum atomic E-state index is 10.4. The van der Waals surface area contributed by atoms with Crippen molar-refractivity contribution in [3.05, 3.63) is 26.2 Å². The Morgan fingerprint density at radius 2 is 2.27 bits per heavy atom. The summed E-state index contributed by atoms with van der Waals surface area (Å²) in [6, 6.07) is 5.61. The second kappa shape index (κ2) is 5.66. The van der Waals surface area contributed by atoms with Gasteiger partial charge >= 0.3 is 5.97 Å². The molecule has 0 saturated carbocycles. The Morgan fingerprint density at radius 3 is 2.80 bits per heavy atom. The van der Waals surface area contributed by atoms with E-state index in [2.05, 4.69) is 43.8 Å². The lowest BCUT2D eigenvalue weighted by molar-refractivity contribution is -0.145. The Bertz CT molecular complexity index is 372. The topological polar surface area (TPSA) is 69.6 Å². The lowest BCUT2D eigenvalue weighted by atomic mass is 10.3. The molecular weight excluding hydrogens is 377 g/mol. The van der Waals surface area contributed by atoms with Gasteiger partial charge in [0.2, 0.25) is 0 Å². The average molecular weight is 386 g/mol. The summed E-state index contributed by atoms with van der Waals surface area (Å²) in [5.74, 6) is -1.23. The number of rotatable bonds is 4. The van der Waals surface area contributed by atoms with Crippen LogP contribution in [0.5, 0.6) is 0 Å². The Hall–Kier alpha value is -0.340. The number of hydrogen-bond donors (Lipinski definition) is 3. The molecule has 6 heteroatoms. The van der Waals surface area contributed by atoms with E-state index in [4.69, 9.17) is 10.2 Å². The van der Waals surface area contributed by atoms with Gasteiger partial charge < -0.3 is 15.5 Å². The Morgan fingerprint density at radius 1 is 1.60 bits per heavy atom. The van der Waals surface area contributed by atoms with Crippen molar-refractivity contribution in [2.24, 2.45) is 0 Å². The molecule has 82 valence electrons. The van der Waals surface area contributed by atoms with Crippen molar-refractivity contribution in [2.45, 2.75) is 6.10 Å². The maximum Gasteiger partial charge on any atom is 0.334 e. The van der Waals surface area contributed by atoms with Crippen LogP contribution in [-0.4, -0.2) is 28.8 Å². The van der Waals surface area contributed by atoms with E-state index in [1.165, 1.54) is 0 Å². The largest absolute Gasteiger partial charge is 0.479 e. The molecule has 0 aliphatic heterocycles. The minimum Gasteiger partial charge on any atom is -0.479 e. The normalized spacial score (nSPS) is 12.2. The number of aliphatic carboxylic acids is 1. The quantitative estimate of drug-likeness (QED) is 0.692. The molecule has 0 amide bonds. The van der Waals surface area contributed by atoms with E-state index in [-0.39, 0.29) is 6.54 Å². The van der Waals surface area contributed by atoms with Crippen LogP contribution >= 0.6 is 38.5 Å². The van der Waals surface area contributed by atoms with Crippen molar-refractivity contribution in [1.29, 1.82) is 0 Å². The first-order chi connectivity index (χ1) is 7.00. The molecule has 3 N–H and O–H groups in total. The van der Waals surface area contributed by atoms with Crippen molar-refractivity contribution in [3.8, 4) is 0 Å². The fourth-order valence-corrected chi connectivity index (χ4v) is 2.36. The summed E-state index contributed by atoms with van der Waals surface area (Å²) >= 11 is 5.51. The zero-order chi connectivity index (χ0) is 11.4. The lowest BCUT2D eigenvalue weighted by Crippen LogP contribution is -2.28. The standard InChI is InChI=1S/C9H9BrINO3/c10-6-3-5(11)1-2-7(6)12-4-8(13)9(14)15/h1-3,8,12-13H,4H2,(H,14,15). The number of hydrogen-bond acceptors (Lipinski definition) is 3. The second-order valence-corrected chi connectivity index (χ2v) is 4.96. The smallest absolute Gasteiger partial charge is 0.334 e. The Balaban J connectivity index is 2.62. The van der Waals surface area contributed by atoms with Crippen LogP contribution in [-0.2, 0) is 4.79 Å². The number of aliphatic hydroxyl groups is 1. The fourth-order valence-electron chi connectivity index (χ4n) is 0.927. The summed E-state index contributed by atoms with van der Waals surface area (Å²) in [6.07, 6.45) is -1.39. The number of carbonyl (C=O) groups is 1. The number of benzene rings is 1. The van der Waals surface area contributed by atoms with Gasteiger partial charge in [0, 0.05) is 13.7 Å². The van der Waals surface area contributed by atoms with Gasteiger partial charge in [0.05, 0.1) is 6.54 Å². The van der Waals surface area contributed by atoms with Crippen LogP contribution in [0.2, 0.25) is 0 Å². The predicted molar refractivity (Wildman–Crippen MR) is 69.0 cm³/mol. The van der Waals surface area contributed by atoms with Crippen LogP contribution < -0.4 is 5.32 Å². The van der Waals surface area contributed by atoms with Gasteiger partial charge in [0.15, 0.2) is 6.10 Å². The second-order valence-electron chi connectivity index (χ2n) is 2.86. The van der Waals surface area contributed by atoms with Crippen LogP contribution in [0.3, 0.4) is 0 Å². The molecule has 1 atom stereocenters. The molecule has 15 heavy (non-hydrogen) atoms. The lowest BCUT2D eigenvalue weighted by Gasteiger charge is -2.10. The minimum atomic E-state index is -1.39. The van der Waals surface area contributed by atoms with Crippen molar-refractivity contribution in [3.63, 3.8) is 0 Å². The molecular formula is C9H9BrINO3. The molecule has 1 aromatic rings. The first-order valence-electron chi connectivity index (χ1n) is 4.10. The van der Waals surface area contributed by atoms with Crippen LogP contribution in [0.4, 0.5) is 5.69 Å². The average Bonchev–Trinajstić information content (AvgIpc) is 2.15. The van der Waals surface area contributed by atoms with Gasteiger partial charge in [-0.3, -0.25) is 0 Å². The van der Waals surface area contributed by atoms with Gasteiger partial charge in [0.25, 0.3) is 0 Å². The van der Waals surface area contributed by atoms with E-state index in [0.29, 0.717) is 0 Å². The summed E-state index contributed by atoms with van der Waals surface area (Å²) in [5, 5.41) is 20.4. The summed E-state index contributed by atoms with van der Waals surface area (Å²) < 4.78 is 1.91. The summed E-state index contributed by atoms with van der Waals surface area (Å²) in [5.41, 5.74) is 0.760. The van der Waals surface area contributed by atoms with Gasteiger partial charge in [-0.15, -0.1) is 0 Å². The summed E-state index contributed by atoms with van der Waals surface area (Å²) in [4.78, 5) is 10.4. The van der Waals surface area contributed by atoms with E-state index < -0.39 is 12.1 Å². The molecule has 0 aromatic heterocycles. The highest BCUT2D eigenvalue weighted by atomic mass is 127. The first kappa shape index (κ1) is 12.7. The zero-order valence-corrected chi connectivity index (χ0v) is 11.3. The summed E-state index contributed by atoms with van der Waals surface area (Å²) in [7, 11) is 0. The molecule has 0 radical (unpaired) electrons. The van der Waals surface area contributed by atoms with Gasteiger partial charge in [0.1, 0.15) is 0 Å². The van der Waals surface area contributed by atoms with Crippen LogP contribution in [0.15, 0.2) is 22.7 Å². The molecule has 0 aliphatic rings. The van der Waals surface area contributed by atoms with Gasteiger partial charge in [-0.2, -0.15) is 0 Å². The number of aliphatic hydroxyl groups excluding tert-OH is 1. The van der Waals surface area contributed by atoms with Crippen LogP contribution in [0.1, 0.15) is 0 Å². The number of nitrogens with one attached hydrogen (secondary N) is 1. The number of anilines is 1. The van der Waals surface area contributed by atoms with E-state index in [9.17, 15) is 4.79 Å². The van der Waals surface area contributed by atoms with Crippen LogP contribution in [0, 0.1) is 3.57 Å². The van der Waals surface area contributed by atoms with Crippen molar-refractivity contribution in [2.75, 3.05) is 11.9 Å².